The van der Waals surface area contributed by atoms with E-state index in [-0.39, 0.29) is 6.04 Å². The van der Waals surface area contributed by atoms with Gasteiger partial charge in [-0.25, -0.2) is 0 Å². The van der Waals surface area contributed by atoms with E-state index in [1.165, 1.54) is 0 Å². The summed E-state index contributed by atoms with van der Waals surface area (Å²) in [5.41, 5.74) is 5.05. The van der Waals surface area contributed by atoms with E-state index in [4.69, 9.17) is 10.8 Å². The Morgan fingerprint density at radius 1 is 1.83 bits per heavy atom. The summed E-state index contributed by atoms with van der Waals surface area (Å²) in [6.07, 6.45) is 4.57. The first kappa shape index (κ1) is 9.26. The number of rotatable bonds is 3. The molecule has 2 atom stereocenters. The van der Waals surface area contributed by atoms with Gasteiger partial charge >= 0.3 is 5.97 Å². The first-order valence-electron chi connectivity index (χ1n) is 4.23. The first-order valence-corrected chi connectivity index (χ1v) is 4.23. The van der Waals surface area contributed by atoms with Crippen LogP contribution in [0, 0.1) is 5.41 Å². The van der Waals surface area contributed by atoms with Gasteiger partial charge in [0.1, 0.15) is 0 Å². The number of carboxylic acids is 1. The number of aliphatic carboxylic acids is 1. The molecule has 1 aliphatic rings. The maximum atomic E-state index is 11.0. The van der Waals surface area contributed by atoms with Gasteiger partial charge < -0.3 is 10.8 Å². The van der Waals surface area contributed by atoms with Crippen LogP contribution in [0.5, 0.6) is 0 Å². The molecule has 3 N–H and O–H groups in total. The van der Waals surface area contributed by atoms with E-state index in [1.807, 2.05) is 0 Å². The molecule has 1 rings (SSSR count). The van der Waals surface area contributed by atoms with Crippen LogP contribution in [-0.2, 0) is 4.79 Å². The molecule has 0 aromatic rings. The molecular formula is C9H15NO2. The van der Waals surface area contributed by atoms with Crippen molar-refractivity contribution in [1.29, 1.82) is 0 Å². The molecule has 0 bridgehead atoms. The quantitative estimate of drug-likeness (QED) is 0.623. The fourth-order valence-corrected chi connectivity index (χ4v) is 1.96. The van der Waals surface area contributed by atoms with E-state index < -0.39 is 11.4 Å². The average molecular weight is 169 g/mol. The lowest BCUT2D eigenvalue weighted by atomic mass is 9.80. The maximum Gasteiger partial charge on any atom is 0.311 e. The lowest BCUT2D eigenvalue weighted by Gasteiger charge is -2.27. The molecule has 1 fully saturated rings. The maximum absolute atomic E-state index is 11.0. The first-order chi connectivity index (χ1) is 5.63. The number of nitrogens with two attached hydrogens (primary N) is 1. The smallest absolute Gasteiger partial charge is 0.311 e. The predicted molar refractivity (Wildman–Crippen MR) is 46.7 cm³/mol. The molecule has 1 saturated carbocycles. The van der Waals surface area contributed by atoms with Crippen LogP contribution >= 0.6 is 0 Å². The summed E-state index contributed by atoms with van der Waals surface area (Å²) in [6, 6.07) is -0.201. The fourth-order valence-electron chi connectivity index (χ4n) is 1.96. The number of carboxylic acid groups (broad SMARTS) is 1. The summed E-state index contributed by atoms with van der Waals surface area (Å²) in [6.45, 7) is 3.57. The summed E-state index contributed by atoms with van der Waals surface area (Å²) in [5, 5.41) is 9.04. The Kier molecular flexibility index (Phi) is 2.52. The molecule has 0 aliphatic heterocycles. The van der Waals surface area contributed by atoms with Crippen molar-refractivity contribution in [1.82, 2.24) is 0 Å². The van der Waals surface area contributed by atoms with Crippen molar-refractivity contribution >= 4 is 5.97 Å². The van der Waals surface area contributed by atoms with Crippen molar-refractivity contribution in [2.24, 2.45) is 11.1 Å². The Labute approximate surface area is 72.3 Å². The number of allylic oxidation sites excluding steroid dienone is 1. The summed E-state index contributed by atoms with van der Waals surface area (Å²) < 4.78 is 0. The largest absolute Gasteiger partial charge is 0.481 e. The second kappa shape index (κ2) is 3.27. The van der Waals surface area contributed by atoms with Crippen LogP contribution in [0.15, 0.2) is 12.7 Å². The molecule has 0 radical (unpaired) electrons. The topological polar surface area (TPSA) is 63.3 Å². The lowest BCUT2D eigenvalue weighted by Crippen LogP contribution is -2.43. The SMILES string of the molecule is C=CC[C@@]1(C(=O)O)CCC[C@H]1N. The molecule has 0 unspecified atom stereocenters. The zero-order valence-corrected chi connectivity index (χ0v) is 7.12. The number of hydrogen-bond donors (Lipinski definition) is 2. The molecule has 0 aromatic carbocycles. The second-order valence-corrected chi connectivity index (χ2v) is 3.45. The minimum atomic E-state index is -0.771. The fraction of sp³-hybridized carbons (Fsp3) is 0.667. The second-order valence-electron chi connectivity index (χ2n) is 3.45. The highest BCUT2D eigenvalue weighted by atomic mass is 16.4. The van der Waals surface area contributed by atoms with Crippen molar-refractivity contribution in [3.8, 4) is 0 Å². The molecule has 12 heavy (non-hydrogen) atoms. The summed E-state index contributed by atoms with van der Waals surface area (Å²) >= 11 is 0. The summed E-state index contributed by atoms with van der Waals surface area (Å²) in [4.78, 5) is 11.0. The van der Waals surface area contributed by atoms with E-state index in [0.717, 1.165) is 12.8 Å². The van der Waals surface area contributed by atoms with Crippen molar-refractivity contribution < 1.29 is 9.90 Å². The van der Waals surface area contributed by atoms with E-state index in [2.05, 4.69) is 6.58 Å². The van der Waals surface area contributed by atoms with Gasteiger partial charge in [0.25, 0.3) is 0 Å². The van der Waals surface area contributed by atoms with Gasteiger partial charge in [-0.1, -0.05) is 12.5 Å². The van der Waals surface area contributed by atoms with E-state index in [9.17, 15) is 4.79 Å². The van der Waals surface area contributed by atoms with Crippen LogP contribution < -0.4 is 5.73 Å². The van der Waals surface area contributed by atoms with Crippen LogP contribution in [0.1, 0.15) is 25.7 Å². The molecule has 1 aliphatic carbocycles. The van der Waals surface area contributed by atoms with Crippen molar-refractivity contribution in [3.63, 3.8) is 0 Å². The number of carbonyl (C=O) groups is 1. The van der Waals surface area contributed by atoms with Gasteiger partial charge in [0.05, 0.1) is 5.41 Å². The van der Waals surface area contributed by atoms with Gasteiger partial charge in [0.2, 0.25) is 0 Å². The van der Waals surface area contributed by atoms with Gasteiger partial charge in [-0.2, -0.15) is 0 Å². The summed E-state index contributed by atoms with van der Waals surface area (Å²) in [5.74, 6) is -0.771. The summed E-state index contributed by atoms with van der Waals surface area (Å²) in [7, 11) is 0. The Hall–Kier alpha value is -0.830. The van der Waals surface area contributed by atoms with Gasteiger partial charge in [-0.05, 0) is 19.3 Å². The molecule has 0 aromatic heterocycles. The molecule has 3 heteroatoms. The van der Waals surface area contributed by atoms with E-state index in [1.54, 1.807) is 6.08 Å². The van der Waals surface area contributed by atoms with E-state index in [0.29, 0.717) is 12.8 Å². The highest BCUT2D eigenvalue weighted by Crippen LogP contribution is 2.40. The molecule has 0 saturated heterocycles. The third-order valence-electron chi connectivity index (χ3n) is 2.78. The van der Waals surface area contributed by atoms with Crippen molar-refractivity contribution in [2.45, 2.75) is 31.7 Å². The Morgan fingerprint density at radius 2 is 2.50 bits per heavy atom. The van der Waals surface area contributed by atoms with Gasteiger partial charge in [-0.3, -0.25) is 4.79 Å². The molecular weight excluding hydrogens is 154 g/mol. The van der Waals surface area contributed by atoms with Gasteiger partial charge in [0.15, 0.2) is 0 Å². The van der Waals surface area contributed by atoms with Crippen LogP contribution in [0.4, 0.5) is 0 Å². The van der Waals surface area contributed by atoms with Crippen molar-refractivity contribution in [3.05, 3.63) is 12.7 Å². The monoisotopic (exact) mass is 169 g/mol. The van der Waals surface area contributed by atoms with Crippen LogP contribution in [0.25, 0.3) is 0 Å². The zero-order valence-electron chi connectivity index (χ0n) is 7.12. The van der Waals surface area contributed by atoms with Crippen LogP contribution in [-0.4, -0.2) is 17.1 Å². The van der Waals surface area contributed by atoms with E-state index >= 15 is 0 Å². The molecule has 0 heterocycles. The number of hydrogen-bond acceptors (Lipinski definition) is 2. The minimum absolute atomic E-state index is 0.201. The highest BCUT2D eigenvalue weighted by Gasteiger charge is 2.46. The zero-order chi connectivity index (χ0) is 9.19. The third-order valence-corrected chi connectivity index (χ3v) is 2.78. The molecule has 68 valence electrons. The standard InChI is InChI=1S/C9H15NO2/c1-2-5-9(8(11)12)6-3-4-7(9)10/h2,7H,1,3-6,10H2,(H,11,12)/t7-,9-/m1/s1. The molecule has 0 spiro atoms. The minimum Gasteiger partial charge on any atom is -0.481 e. The highest BCUT2D eigenvalue weighted by molar-refractivity contribution is 5.76. The third kappa shape index (κ3) is 1.25. The van der Waals surface area contributed by atoms with Crippen LogP contribution in [0.3, 0.4) is 0 Å². The predicted octanol–water partition coefficient (Wildman–Crippen LogP) is 1.14. The van der Waals surface area contributed by atoms with Crippen molar-refractivity contribution in [2.75, 3.05) is 0 Å². The van der Waals surface area contributed by atoms with Gasteiger partial charge in [0, 0.05) is 6.04 Å². The van der Waals surface area contributed by atoms with Crippen LogP contribution in [0.2, 0.25) is 0 Å². The molecule has 3 nitrogen and oxygen atoms in total. The molecule has 0 amide bonds. The lowest BCUT2D eigenvalue weighted by molar-refractivity contribution is -0.149. The Balaban J connectivity index is 2.84. The average Bonchev–Trinajstić information content (AvgIpc) is 2.34. The normalized spacial score (nSPS) is 34.9. The Bertz CT molecular complexity index is 203. The Morgan fingerprint density at radius 3 is 2.83 bits per heavy atom. The van der Waals surface area contributed by atoms with Gasteiger partial charge in [-0.15, -0.1) is 6.58 Å².